The lowest BCUT2D eigenvalue weighted by molar-refractivity contribution is 0.112. The molecule has 2 unspecified atom stereocenters. The van der Waals surface area contributed by atoms with Gasteiger partial charge in [-0.15, -0.1) is 0 Å². The number of aliphatic hydroxyl groups is 1. The molecule has 0 bridgehead atoms. The van der Waals surface area contributed by atoms with Crippen molar-refractivity contribution in [2.45, 2.75) is 65.4 Å². The number of hydrogen-bond acceptors (Lipinski definition) is 2. The van der Waals surface area contributed by atoms with Crippen LogP contribution in [0.15, 0.2) is 35.9 Å². The molecule has 0 amide bonds. The summed E-state index contributed by atoms with van der Waals surface area (Å²) in [5.74, 6) is 0.497. The van der Waals surface area contributed by atoms with Gasteiger partial charge in [-0.3, -0.25) is 0 Å². The minimum absolute atomic E-state index is 0.186. The van der Waals surface area contributed by atoms with E-state index in [4.69, 9.17) is 0 Å². The molecule has 0 aromatic heterocycles. The van der Waals surface area contributed by atoms with Crippen LogP contribution in [-0.4, -0.2) is 35.7 Å². The van der Waals surface area contributed by atoms with Gasteiger partial charge in [0.25, 0.3) is 0 Å². The fraction of sp³-hybridized carbons (Fsp3) is 0.583. The second-order valence-corrected chi connectivity index (χ2v) is 8.29. The summed E-state index contributed by atoms with van der Waals surface area (Å²) in [6, 6.07) is 6.83. The maximum absolute atomic E-state index is 10.4. The van der Waals surface area contributed by atoms with Crippen LogP contribution in [0.3, 0.4) is 0 Å². The minimum atomic E-state index is -0.186. The molecule has 142 valence electrons. The van der Waals surface area contributed by atoms with Crippen molar-refractivity contribution in [1.82, 2.24) is 4.90 Å². The maximum Gasteiger partial charge on any atom is 0.0667 e. The number of likely N-dealkylation sites (tertiary alicyclic amines) is 1. The van der Waals surface area contributed by atoms with E-state index in [2.05, 4.69) is 56.0 Å². The van der Waals surface area contributed by atoms with E-state index in [1.165, 1.54) is 40.7 Å². The molecule has 26 heavy (non-hydrogen) atoms. The first-order valence-electron chi connectivity index (χ1n) is 10.4. The Labute approximate surface area is 159 Å². The van der Waals surface area contributed by atoms with Crippen molar-refractivity contribution in [3.63, 3.8) is 0 Å². The molecule has 2 aliphatic rings. The number of aryl methyl sites for hydroxylation is 2. The number of aliphatic hydroxyl groups excluding tert-OH is 1. The lowest BCUT2D eigenvalue weighted by Crippen LogP contribution is -2.30. The summed E-state index contributed by atoms with van der Waals surface area (Å²) in [4.78, 5) is 2.41. The summed E-state index contributed by atoms with van der Waals surface area (Å²) in [7, 11) is 0. The molecular formula is C24H35NO. The highest BCUT2D eigenvalue weighted by molar-refractivity contribution is 5.80. The van der Waals surface area contributed by atoms with E-state index >= 15 is 0 Å². The Morgan fingerprint density at radius 1 is 1.00 bits per heavy atom. The monoisotopic (exact) mass is 353 g/mol. The van der Waals surface area contributed by atoms with Crippen LogP contribution in [0.4, 0.5) is 0 Å². The summed E-state index contributed by atoms with van der Waals surface area (Å²) >= 11 is 0. The van der Waals surface area contributed by atoms with Gasteiger partial charge in [0.2, 0.25) is 0 Å². The fourth-order valence-electron chi connectivity index (χ4n) is 4.31. The van der Waals surface area contributed by atoms with Crippen LogP contribution in [0, 0.1) is 19.8 Å². The third kappa shape index (κ3) is 4.86. The molecule has 0 radical (unpaired) electrons. The highest BCUT2D eigenvalue weighted by Crippen LogP contribution is 2.35. The third-order valence-electron chi connectivity index (χ3n) is 6.14. The van der Waals surface area contributed by atoms with Crippen molar-refractivity contribution in [3.8, 4) is 0 Å². The molecule has 2 atom stereocenters. The van der Waals surface area contributed by atoms with Crippen molar-refractivity contribution in [1.29, 1.82) is 0 Å². The first-order chi connectivity index (χ1) is 12.5. The Balaban J connectivity index is 1.61. The zero-order valence-corrected chi connectivity index (χ0v) is 16.8. The molecular weight excluding hydrogens is 318 g/mol. The summed E-state index contributed by atoms with van der Waals surface area (Å²) < 4.78 is 0. The predicted octanol–water partition coefficient (Wildman–Crippen LogP) is 5.28. The number of allylic oxidation sites excluding steroid dienone is 4. The number of nitrogens with zero attached hydrogens (tertiary/aromatic N) is 1. The van der Waals surface area contributed by atoms with Crippen LogP contribution in [0.5, 0.6) is 0 Å². The van der Waals surface area contributed by atoms with Crippen molar-refractivity contribution in [3.05, 3.63) is 52.6 Å². The van der Waals surface area contributed by atoms with Crippen molar-refractivity contribution in [2.24, 2.45) is 5.92 Å². The van der Waals surface area contributed by atoms with E-state index in [1.807, 2.05) is 0 Å². The van der Waals surface area contributed by atoms with Crippen LogP contribution in [0.2, 0.25) is 0 Å². The second-order valence-electron chi connectivity index (χ2n) is 8.29. The van der Waals surface area contributed by atoms with Crippen molar-refractivity contribution >= 4 is 5.57 Å². The Morgan fingerprint density at radius 3 is 2.46 bits per heavy atom. The van der Waals surface area contributed by atoms with Gasteiger partial charge in [0.05, 0.1) is 6.10 Å². The molecule has 3 rings (SSSR count). The highest BCUT2D eigenvalue weighted by atomic mass is 16.3. The Bertz CT molecular complexity index is 667. The molecule has 0 spiro atoms. The largest absolute Gasteiger partial charge is 0.392 e. The number of rotatable bonds is 7. The molecule has 0 saturated carbocycles. The van der Waals surface area contributed by atoms with Crippen LogP contribution < -0.4 is 0 Å². The summed E-state index contributed by atoms with van der Waals surface area (Å²) in [5, 5.41) is 10.4. The summed E-state index contributed by atoms with van der Waals surface area (Å²) in [6.07, 6.45) is 11.5. The molecule has 1 N–H and O–H groups in total. The first kappa shape index (κ1) is 19.4. The molecule has 1 aromatic carbocycles. The van der Waals surface area contributed by atoms with Gasteiger partial charge in [-0.2, -0.15) is 0 Å². The van der Waals surface area contributed by atoms with Gasteiger partial charge in [0.1, 0.15) is 0 Å². The molecule has 2 nitrogen and oxygen atoms in total. The molecule has 2 heteroatoms. The van der Waals surface area contributed by atoms with E-state index in [1.54, 1.807) is 0 Å². The van der Waals surface area contributed by atoms with Gasteiger partial charge in [-0.1, -0.05) is 37.3 Å². The number of benzene rings is 1. The molecule has 1 aliphatic carbocycles. The Morgan fingerprint density at radius 2 is 1.73 bits per heavy atom. The van der Waals surface area contributed by atoms with E-state index in [0.717, 1.165) is 45.3 Å². The van der Waals surface area contributed by atoms with Crippen LogP contribution in [0.25, 0.3) is 5.57 Å². The molecule has 1 fully saturated rings. The standard InChI is InChI=1S/C24H35NO/c1-18-10-12-21(16-20(18)3)24-9-5-4-8-23(24)19(2)11-13-22(26)17-25-14-6-7-15-25/h8-10,12,16,19,22,26H,4-7,11,13-15,17H2,1-3H3. The van der Waals surface area contributed by atoms with Crippen molar-refractivity contribution in [2.75, 3.05) is 19.6 Å². The SMILES string of the molecule is Cc1ccc(C2=CCCC=C2C(C)CCC(O)CN2CCCC2)cc1C. The molecule has 1 aliphatic heterocycles. The number of hydrogen-bond donors (Lipinski definition) is 1. The van der Waals surface area contributed by atoms with Gasteiger partial charge in [0.15, 0.2) is 0 Å². The average Bonchev–Trinajstić information content (AvgIpc) is 3.15. The topological polar surface area (TPSA) is 23.5 Å². The second kappa shape index (κ2) is 9.01. The Hall–Kier alpha value is -1.38. The minimum Gasteiger partial charge on any atom is -0.392 e. The van der Waals surface area contributed by atoms with Crippen LogP contribution in [-0.2, 0) is 0 Å². The smallest absolute Gasteiger partial charge is 0.0667 e. The van der Waals surface area contributed by atoms with Crippen molar-refractivity contribution < 1.29 is 5.11 Å². The average molecular weight is 354 g/mol. The van der Waals surface area contributed by atoms with Gasteiger partial charge in [-0.05, 0) is 99.2 Å². The lowest BCUT2D eigenvalue weighted by Gasteiger charge is -2.25. The summed E-state index contributed by atoms with van der Waals surface area (Å²) in [6.45, 7) is 9.88. The fourth-order valence-corrected chi connectivity index (χ4v) is 4.31. The predicted molar refractivity (Wildman–Crippen MR) is 111 cm³/mol. The molecule has 1 saturated heterocycles. The van der Waals surface area contributed by atoms with Gasteiger partial charge < -0.3 is 10.0 Å². The quantitative estimate of drug-likeness (QED) is 0.721. The zero-order chi connectivity index (χ0) is 18.5. The third-order valence-corrected chi connectivity index (χ3v) is 6.14. The van der Waals surface area contributed by atoms with Crippen LogP contribution >= 0.6 is 0 Å². The van der Waals surface area contributed by atoms with Gasteiger partial charge in [0, 0.05) is 6.54 Å². The van der Waals surface area contributed by atoms with Crippen LogP contribution in [0.1, 0.15) is 62.1 Å². The van der Waals surface area contributed by atoms with E-state index < -0.39 is 0 Å². The van der Waals surface area contributed by atoms with E-state index in [-0.39, 0.29) is 6.10 Å². The molecule has 1 aromatic rings. The van der Waals surface area contributed by atoms with E-state index in [9.17, 15) is 5.11 Å². The Kier molecular flexibility index (Phi) is 6.72. The number of β-amino-alcohol motifs (C(OH)–C–C–N with tert-alkyl or cyclic N) is 1. The van der Waals surface area contributed by atoms with Gasteiger partial charge >= 0.3 is 0 Å². The summed E-state index contributed by atoms with van der Waals surface area (Å²) in [5.41, 5.74) is 6.97. The normalized spacial score (nSPS) is 20.6. The lowest BCUT2D eigenvalue weighted by atomic mass is 9.82. The zero-order valence-electron chi connectivity index (χ0n) is 16.8. The van der Waals surface area contributed by atoms with Gasteiger partial charge in [-0.25, -0.2) is 0 Å². The highest BCUT2D eigenvalue weighted by Gasteiger charge is 2.20. The molecule has 1 heterocycles. The van der Waals surface area contributed by atoms with E-state index in [0.29, 0.717) is 5.92 Å². The maximum atomic E-state index is 10.4. The first-order valence-corrected chi connectivity index (χ1v) is 10.4.